The molecule has 0 saturated heterocycles. The van der Waals surface area contributed by atoms with Gasteiger partial charge in [-0.3, -0.25) is 10.1 Å². The first-order valence-corrected chi connectivity index (χ1v) is 7.54. The van der Waals surface area contributed by atoms with E-state index in [1.54, 1.807) is 18.2 Å². The molecule has 0 radical (unpaired) electrons. The van der Waals surface area contributed by atoms with Gasteiger partial charge in [-0.25, -0.2) is 0 Å². The molecule has 0 amide bonds. The summed E-state index contributed by atoms with van der Waals surface area (Å²) >= 11 is 0. The van der Waals surface area contributed by atoms with Gasteiger partial charge in [-0.15, -0.1) is 0 Å². The highest BCUT2D eigenvalue weighted by Gasteiger charge is 2.37. The molecular weight excluding hydrogens is 335 g/mol. The van der Waals surface area contributed by atoms with Crippen molar-refractivity contribution >= 4 is 5.69 Å². The van der Waals surface area contributed by atoms with Crippen molar-refractivity contribution in [2.75, 3.05) is 0 Å². The van der Waals surface area contributed by atoms with Crippen LogP contribution in [0.5, 0.6) is 11.5 Å². The molecule has 4 nitrogen and oxygen atoms in total. The third-order valence-corrected chi connectivity index (χ3v) is 3.73. The van der Waals surface area contributed by atoms with Gasteiger partial charge in [-0.1, -0.05) is 32.9 Å². The number of nitrogens with zero attached hydrogens (tertiary/aromatic N) is 1. The van der Waals surface area contributed by atoms with E-state index in [1.807, 2.05) is 26.8 Å². The molecule has 7 heteroatoms. The summed E-state index contributed by atoms with van der Waals surface area (Å²) in [6.07, 6.45) is -4.77. The molecule has 134 valence electrons. The number of hydrogen-bond acceptors (Lipinski definition) is 3. The van der Waals surface area contributed by atoms with Crippen LogP contribution in [0.25, 0.3) is 0 Å². The lowest BCUT2D eigenvalue weighted by Crippen LogP contribution is -2.11. The van der Waals surface area contributed by atoms with E-state index >= 15 is 0 Å². The van der Waals surface area contributed by atoms with Crippen molar-refractivity contribution in [3.63, 3.8) is 0 Å². The molecule has 0 N–H and O–H groups in total. The Morgan fingerprint density at radius 1 is 1.08 bits per heavy atom. The molecule has 0 spiro atoms. The van der Waals surface area contributed by atoms with E-state index < -0.39 is 28.1 Å². The minimum atomic E-state index is -4.77. The highest BCUT2D eigenvalue weighted by molar-refractivity contribution is 5.52. The monoisotopic (exact) mass is 353 g/mol. The summed E-state index contributed by atoms with van der Waals surface area (Å²) < 4.78 is 45.3. The number of rotatable bonds is 3. The lowest BCUT2D eigenvalue weighted by atomic mass is 9.87. The van der Waals surface area contributed by atoms with Crippen molar-refractivity contribution in [2.24, 2.45) is 0 Å². The second kappa shape index (κ2) is 6.38. The van der Waals surface area contributed by atoms with Crippen molar-refractivity contribution in [3.05, 3.63) is 63.2 Å². The van der Waals surface area contributed by atoms with Crippen molar-refractivity contribution in [2.45, 2.75) is 39.3 Å². The molecule has 0 fully saturated rings. The number of hydrogen-bond donors (Lipinski definition) is 0. The number of halogens is 3. The van der Waals surface area contributed by atoms with Gasteiger partial charge in [0.1, 0.15) is 17.1 Å². The maximum atomic E-state index is 13.3. The standard InChI is InChI=1S/C18H18F3NO3/c1-11-8-16(14(18(19,20)21)10-15(11)22(23)24)25-13-7-5-6-12(9-13)17(2,3)4/h5-10H,1-4H3. The van der Waals surface area contributed by atoms with Gasteiger partial charge in [0.15, 0.2) is 0 Å². The summed E-state index contributed by atoms with van der Waals surface area (Å²) in [6.45, 7) is 7.30. The zero-order chi connectivity index (χ0) is 19.0. The van der Waals surface area contributed by atoms with Crippen LogP contribution in [-0.4, -0.2) is 4.92 Å². The van der Waals surface area contributed by atoms with E-state index in [9.17, 15) is 23.3 Å². The van der Waals surface area contributed by atoms with E-state index in [-0.39, 0.29) is 16.7 Å². The Bertz CT molecular complexity index is 808. The van der Waals surface area contributed by atoms with E-state index in [0.29, 0.717) is 6.07 Å². The fourth-order valence-electron chi connectivity index (χ4n) is 2.33. The summed E-state index contributed by atoms with van der Waals surface area (Å²) in [6, 6.07) is 8.33. The molecule has 25 heavy (non-hydrogen) atoms. The van der Waals surface area contributed by atoms with Gasteiger partial charge in [0.05, 0.1) is 4.92 Å². The summed E-state index contributed by atoms with van der Waals surface area (Å²) in [4.78, 5) is 10.1. The minimum Gasteiger partial charge on any atom is -0.457 e. The van der Waals surface area contributed by atoms with Gasteiger partial charge >= 0.3 is 6.18 Å². The van der Waals surface area contributed by atoms with Gasteiger partial charge in [-0.05, 0) is 36.1 Å². The van der Waals surface area contributed by atoms with Crippen LogP contribution in [0.2, 0.25) is 0 Å². The highest BCUT2D eigenvalue weighted by Crippen LogP contribution is 2.41. The lowest BCUT2D eigenvalue weighted by molar-refractivity contribution is -0.385. The zero-order valence-electron chi connectivity index (χ0n) is 14.3. The first kappa shape index (κ1) is 18.8. The Kier molecular flexibility index (Phi) is 4.79. The molecule has 0 aliphatic rings. The fourth-order valence-corrected chi connectivity index (χ4v) is 2.33. The average Bonchev–Trinajstić information content (AvgIpc) is 2.45. The molecule has 2 aromatic carbocycles. The Labute approximate surface area is 143 Å². The normalized spacial score (nSPS) is 12.1. The Balaban J connectivity index is 2.53. The van der Waals surface area contributed by atoms with Crippen LogP contribution in [0.1, 0.15) is 37.5 Å². The smallest absolute Gasteiger partial charge is 0.420 e. The predicted molar refractivity (Wildman–Crippen MR) is 88.1 cm³/mol. The quantitative estimate of drug-likeness (QED) is 0.501. The van der Waals surface area contributed by atoms with Gasteiger partial charge < -0.3 is 4.74 Å². The van der Waals surface area contributed by atoms with Gasteiger partial charge in [0.2, 0.25) is 0 Å². The first-order chi connectivity index (χ1) is 11.4. The first-order valence-electron chi connectivity index (χ1n) is 7.54. The SMILES string of the molecule is Cc1cc(Oc2cccc(C(C)(C)C)c2)c(C(F)(F)F)cc1[N+](=O)[O-]. The maximum absolute atomic E-state index is 13.3. The van der Waals surface area contributed by atoms with Crippen LogP contribution in [0.15, 0.2) is 36.4 Å². The van der Waals surface area contributed by atoms with E-state index in [4.69, 9.17) is 4.74 Å². The third-order valence-electron chi connectivity index (χ3n) is 3.73. The number of benzene rings is 2. The number of nitro benzene ring substituents is 1. The topological polar surface area (TPSA) is 52.4 Å². The molecule has 0 bridgehead atoms. The summed E-state index contributed by atoms with van der Waals surface area (Å²) in [5, 5.41) is 10.9. The van der Waals surface area contributed by atoms with Crippen molar-refractivity contribution in [1.82, 2.24) is 0 Å². The number of nitro groups is 1. The molecule has 0 aliphatic heterocycles. The Hall–Kier alpha value is -2.57. The highest BCUT2D eigenvalue weighted by atomic mass is 19.4. The van der Waals surface area contributed by atoms with Crippen LogP contribution in [0.4, 0.5) is 18.9 Å². The summed E-state index contributed by atoms with van der Waals surface area (Å²) in [5.74, 6) is -0.215. The van der Waals surface area contributed by atoms with Crippen LogP contribution in [0.3, 0.4) is 0 Å². The Morgan fingerprint density at radius 2 is 1.72 bits per heavy atom. The van der Waals surface area contributed by atoms with Crippen LogP contribution in [-0.2, 0) is 11.6 Å². The lowest BCUT2D eigenvalue weighted by Gasteiger charge is -2.20. The molecule has 0 aliphatic carbocycles. The summed E-state index contributed by atoms with van der Waals surface area (Å²) in [5.41, 5.74) is -0.969. The van der Waals surface area contributed by atoms with Crippen molar-refractivity contribution < 1.29 is 22.8 Å². The van der Waals surface area contributed by atoms with Crippen LogP contribution in [0, 0.1) is 17.0 Å². The van der Waals surface area contributed by atoms with Crippen molar-refractivity contribution in [3.8, 4) is 11.5 Å². The van der Waals surface area contributed by atoms with E-state index in [2.05, 4.69) is 0 Å². The van der Waals surface area contributed by atoms with Gasteiger partial charge in [-0.2, -0.15) is 13.2 Å². The fraction of sp³-hybridized carbons (Fsp3) is 0.333. The zero-order valence-corrected chi connectivity index (χ0v) is 14.3. The third kappa shape index (κ3) is 4.29. The van der Waals surface area contributed by atoms with E-state index in [0.717, 1.165) is 11.6 Å². The van der Waals surface area contributed by atoms with Gasteiger partial charge in [0.25, 0.3) is 5.69 Å². The Morgan fingerprint density at radius 3 is 2.24 bits per heavy atom. The molecule has 0 aromatic heterocycles. The van der Waals surface area contributed by atoms with E-state index in [1.165, 1.54) is 6.92 Å². The van der Waals surface area contributed by atoms with Crippen LogP contribution >= 0.6 is 0 Å². The molecular formula is C18H18F3NO3. The average molecular weight is 353 g/mol. The van der Waals surface area contributed by atoms with Gasteiger partial charge in [0, 0.05) is 11.6 Å². The molecule has 0 atom stereocenters. The molecule has 0 heterocycles. The number of ether oxygens (including phenoxy) is 1. The molecule has 0 saturated carbocycles. The summed E-state index contributed by atoms with van der Waals surface area (Å²) in [7, 11) is 0. The van der Waals surface area contributed by atoms with Crippen LogP contribution < -0.4 is 4.74 Å². The molecule has 0 unspecified atom stereocenters. The van der Waals surface area contributed by atoms with Crippen molar-refractivity contribution in [1.29, 1.82) is 0 Å². The number of aryl methyl sites for hydroxylation is 1. The predicted octanol–water partition coefficient (Wildman–Crippen LogP) is 6.01. The molecule has 2 aromatic rings. The minimum absolute atomic E-state index is 0.0972. The largest absolute Gasteiger partial charge is 0.457 e. The second-order valence-electron chi connectivity index (χ2n) is 6.77. The molecule has 2 rings (SSSR count). The second-order valence-corrected chi connectivity index (χ2v) is 6.77. The number of alkyl halides is 3. The maximum Gasteiger partial charge on any atom is 0.420 e.